The van der Waals surface area contributed by atoms with Crippen molar-refractivity contribution in [2.24, 2.45) is 5.84 Å². The highest BCUT2D eigenvalue weighted by molar-refractivity contribution is 5.93. The Labute approximate surface area is 221 Å². The Morgan fingerprint density at radius 3 is 1.55 bits per heavy atom. The maximum atomic E-state index is 11.9. The Morgan fingerprint density at radius 2 is 1.13 bits per heavy atom. The molecule has 5 N–H and O–H groups in total. The average Bonchev–Trinajstić information content (AvgIpc) is 3.58. The van der Waals surface area contributed by atoms with E-state index in [0.29, 0.717) is 11.5 Å². The van der Waals surface area contributed by atoms with Crippen molar-refractivity contribution < 1.29 is 28.0 Å². The summed E-state index contributed by atoms with van der Waals surface area (Å²) in [5.41, 5.74) is 7.56. The largest absolute Gasteiger partial charge is 0.451 e. The van der Waals surface area contributed by atoms with E-state index >= 15 is 0 Å². The lowest BCUT2D eigenvalue weighted by Gasteiger charge is -2.19. The molecule has 200 valence electrons. The molecule has 0 bridgehead atoms. The number of nitrogen functional groups attached to an aromatic ring is 1. The quantitative estimate of drug-likeness (QED) is 0.162. The molecule has 4 aromatic rings. The van der Waals surface area contributed by atoms with Crippen molar-refractivity contribution in [2.75, 3.05) is 0 Å². The van der Waals surface area contributed by atoms with Crippen LogP contribution in [0.15, 0.2) is 93.8 Å². The van der Waals surface area contributed by atoms with E-state index < -0.39 is 23.5 Å². The van der Waals surface area contributed by atoms with Crippen LogP contribution in [0.2, 0.25) is 0 Å². The minimum absolute atomic E-state index is 0. The fraction of sp³-hybridized carbons (Fsp3) is 0.179. The zero-order valence-electron chi connectivity index (χ0n) is 20.6. The third-order valence-electron chi connectivity index (χ3n) is 4.58. The number of furan rings is 2. The fourth-order valence-electron chi connectivity index (χ4n) is 2.98. The highest BCUT2D eigenvalue weighted by Crippen LogP contribution is 2.22. The third-order valence-corrected chi connectivity index (χ3v) is 4.58. The van der Waals surface area contributed by atoms with Crippen molar-refractivity contribution >= 4 is 17.9 Å². The molecule has 0 saturated carbocycles. The summed E-state index contributed by atoms with van der Waals surface area (Å²) < 4.78 is 15.8. The smallest absolute Gasteiger partial charge is 0.426 e. The molecule has 10 heteroatoms. The first-order chi connectivity index (χ1) is 17.7. The molecule has 0 aliphatic rings. The third kappa shape index (κ3) is 8.68. The van der Waals surface area contributed by atoms with Crippen molar-refractivity contribution in [1.82, 2.24) is 16.3 Å². The van der Waals surface area contributed by atoms with Gasteiger partial charge in [0.1, 0.15) is 17.1 Å². The second-order valence-corrected chi connectivity index (χ2v) is 8.61. The molecule has 0 saturated heterocycles. The van der Waals surface area contributed by atoms with Crippen molar-refractivity contribution in [1.29, 1.82) is 0 Å². The van der Waals surface area contributed by atoms with Crippen LogP contribution in [-0.2, 0) is 4.74 Å². The highest BCUT2D eigenvalue weighted by atomic mass is 16.6. The summed E-state index contributed by atoms with van der Waals surface area (Å²) in [6.07, 6.45) is -0.740. The molecule has 0 fully saturated rings. The number of hydrogen-bond donors (Lipinski definition) is 4. The van der Waals surface area contributed by atoms with Crippen LogP contribution in [0.3, 0.4) is 0 Å². The standard InChI is InChI=1S/C16H18N2O4.C11H10N2O2.CH4/c1-16(2,3)22-15(20)18-17-14(19)13-10-9-12(21-13)11-7-5-4-6-8-11;12-13-11(14)10-7-6-9(15-10)8-4-2-1-3-5-8;/h4-10H,1-3H3,(H,17,19)(H,18,20);1-7H,12H2,(H,13,14);1H4. The summed E-state index contributed by atoms with van der Waals surface area (Å²) in [5.74, 6) is 5.51. The van der Waals surface area contributed by atoms with E-state index in [2.05, 4.69) is 10.9 Å². The number of ether oxygens (including phenoxy) is 1. The van der Waals surface area contributed by atoms with Crippen LogP contribution in [-0.4, -0.2) is 23.5 Å². The van der Waals surface area contributed by atoms with Crippen LogP contribution in [0.25, 0.3) is 22.6 Å². The number of carbonyl (C=O) groups is 3. The topological polar surface area (TPSA) is 149 Å². The monoisotopic (exact) mass is 520 g/mol. The summed E-state index contributed by atoms with van der Waals surface area (Å²) >= 11 is 0. The Kier molecular flexibility index (Phi) is 10.4. The first-order valence-electron chi connectivity index (χ1n) is 11.3. The van der Waals surface area contributed by atoms with E-state index in [1.165, 1.54) is 6.07 Å². The molecule has 2 heterocycles. The number of rotatable bonds is 4. The van der Waals surface area contributed by atoms with E-state index in [4.69, 9.17) is 19.4 Å². The van der Waals surface area contributed by atoms with Gasteiger partial charge in [-0.05, 0) is 45.0 Å². The summed E-state index contributed by atoms with van der Waals surface area (Å²) in [6, 6.07) is 25.5. The predicted octanol–water partition coefficient (Wildman–Crippen LogP) is 5.30. The molecule has 10 nitrogen and oxygen atoms in total. The van der Waals surface area contributed by atoms with E-state index in [0.717, 1.165) is 11.1 Å². The van der Waals surface area contributed by atoms with Gasteiger partial charge < -0.3 is 13.6 Å². The van der Waals surface area contributed by atoms with Gasteiger partial charge in [-0.3, -0.25) is 20.4 Å². The van der Waals surface area contributed by atoms with E-state index in [1.807, 2.05) is 66.1 Å². The number of hydrazine groups is 2. The number of hydrogen-bond acceptors (Lipinski definition) is 7. The number of amides is 3. The Morgan fingerprint density at radius 1 is 0.684 bits per heavy atom. The Hall–Kier alpha value is -4.83. The van der Waals surface area contributed by atoms with Crippen molar-refractivity contribution in [3.63, 3.8) is 0 Å². The van der Waals surface area contributed by atoms with Gasteiger partial charge in [0.15, 0.2) is 11.5 Å². The predicted molar refractivity (Wildman–Crippen MR) is 144 cm³/mol. The summed E-state index contributed by atoms with van der Waals surface area (Å²) in [5, 5.41) is 0. The Balaban J connectivity index is 0.000000277. The van der Waals surface area contributed by atoms with Gasteiger partial charge in [0.05, 0.1) is 0 Å². The van der Waals surface area contributed by atoms with Gasteiger partial charge in [-0.25, -0.2) is 16.1 Å². The molecular weight excluding hydrogens is 488 g/mol. The number of nitrogens with one attached hydrogen (secondary N) is 3. The van der Waals surface area contributed by atoms with E-state index in [-0.39, 0.29) is 18.9 Å². The van der Waals surface area contributed by atoms with E-state index in [1.54, 1.807) is 39.0 Å². The molecule has 38 heavy (non-hydrogen) atoms. The van der Waals surface area contributed by atoms with Crippen molar-refractivity contribution in [2.45, 2.75) is 33.8 Å². The summed E-state index contributed by atoms with van der Waals surface area (Å²) in [6.45, 7) is 5.19. The van der Waals surface area contributed by atoms with Crippen LogP contribution >= 0.6 is 0 Å². The zero-order chi connectivity index (χ0) is 26.8. The van der Waals surface area contributed by atoms with Crippen molar-refractivity contribution in [3.05, 3.63) is 96.4 Å². The average molecular weight is 521 g/mol. The lowest BCUT2D eigenvalue weighted by atomic mass is 10.2. The van der Waals surface area contributed by atoms with Crippen LogP contribution in [0.1, 0.15) is 49.3 Å². The minimum atomic E-state index is -0.740. The number of nitrogens with two attached hydrogens (primary N) is 1. The molecule has 0 radical (unpaired) electrons. The van der Waals surface area contributed by atoms with Crippen LogP contribution in [0.4, 0.5) is 4.79 Å². The zero-order valence-corrected chi connectivity index (χ0v) is 20.6. The molecule has 0 atom stereocenters. The summed E-state index contributed by atoms with van der Waals surface area (Å²) in [4.78, 5) is 34.5. The lowest BCUT2D eigenvalue weighted by Crippen LogP contribution is -2.44. The van der Waals surface area contributed by atoms with Crippen LogP contribution < -0.4 is 22.1 Å². The van der Waals surface area contributed by atoms with Crippen LogP contribution in [0.5, 0.6) is 0 Å². The van der Waals surface area contributed by atoms with Crippen LogP contribution in [0, 0.1) is 0 Å². The first-order valence-corrected chi connectivity index (χ1v) is 11.3. The van der Waals surface area contributed by atoms with Gasteiger partial charge in [-0.2, -0.15) is 0 Å². The van der Waals surface area contributed by atoms with Gasteiger partial charge in [-0.1, -0.05) is 68.1 Å². The maximum Gasteiger partial charge on any atom is 0.426 e. The maximum absolute atomic E-state index is 11.9. The molecule has 0 spiro atoms. The van der Waals surface area contributed by atoms with Gasteiger partial charge in [0.25, 0.3) is 0 Å². The second kappa shape index (κ2) is 13.5. The minimum Gasteiger partial charge on any atom is -0.451 e. The van der Waals surface area contributed by atoms with Gasteiger partial charge in [-0.15, -0.1) is 0 Å². The molecule has 3 amide bonds. The highest BCUT2D eigenvalue weighted by Gasteiger charge is 2.18. The molecular formula is C28H32N4O6. The molecule has 2 aromatic carbocycles. The fourth-order valence-corrected chi connectivity index (χ4v) is 2.98. The van der Waals surface area contributed by atoms with Crippen molar-refractivity contribution in [3.8, 4) is 22.6 Å². The molecule has 2 aromatic heterocycles. The molecule has 0 aliphatic heterocycles. The van der Waals surface area contributed by atoms with Gasteiger partial charge in [0.2, 0.25) is 0 Å². The molecule has 0 unspecified atom stereocenters. The first kappa shape index (κ1) is 29.4. The molecule has 4 rings (SSSR count). The summed E-state index contributed by atoms with van der Waals surface area (Å²) in [7, 11) is 0. The second-order valence-electron chi connectivity index (χ2n) is 8.61. The number of carbonyl (C=O) groups excluding carboxylic acids is 3. The Bertz CT molecular complexity index is 1320. The van der Waals surface area contributed by atoms with Gasteiger partial charge in [0, 0.05) is 11.1 Å². The molecule has 0 aliphatic carbocycles. The number of benzene rings is 2. The van der Waals surface area contributed by atoms with E-state index in [9.17, 15) is 14.4 Å². The SMILES string of the molecule is C.CC(C)(C)OC(=O)NNC(=O)c1ccc(-c2ccccc2)o1.NNC(=O)c1ccc(-c2ccccc2)o1. The lowest BCUT2D eigenvalue weighted by molar-refractivity contribution is 0.0481. The van der Waals surface area contributed by atoms with Gasteiger partial charge >= 0.3 is 17.9 Å². The normalized spacial score (nSPS) is 10.2.